The van der Waals surface area contributed by atoms with E-state index in [2.05, 4.69) is 59.1 Å². The molecule has 12 aromatic rings. The van der Waals surface area contributed by atoms with Crippen LogP contribution in [0.15, 0.2) is 194 Å². The van der Waals surface area contributed by atoms with E-state index in [9.17, 15) is 36.4 Å². The summed E-state index contributed by atoms with van der Waals surface area (Å²) in [5, 5.41) is 21.6. The number of nitrogens with zero attached hydrogens (tertiary/aromatic N) is 8. The van der Waals surface area contributed by atoms with Crippen LogP contribution < -0.4 is 0 Å². The Morgan fingerprint density at radius 1 is 0.616 bits per heavy atom. The van der Waals surface area contributed by atoms with E-state index in [0.29, 0.717) is 63.1 Å². The number of rotatable bonds is 5. The molecule has 2 N–H and O–H groups in total. The predicted octanol–water partition coefficient (Wildman–Crippen LogP) is 17.1. The third-order valence-corrected chi connectivity index (χ3v) is 13.7. The highest BCUT2D eigenvalue weighted by Crippen LogP contribution is 2.27. The average Bonchev–Trinajstić information content (AvgIpc) is 3.76. The highest BCUT2D eigenvalue weighted by atomic mass is 35.5. The Hall–Kier alpha value is -9.56. The molecule has 0 atom stereocenters. The first-order valence-corrected chi connectivity index (χ1v) is 27.4. The molecular formula is C64H49Cl3F5N9O5. The van der Waals surface area contributed by atoms with Gasteiger partial charge in [0.2, 0.25) is 5.78 Å². The molecule has 22 heteroatoms. The predicted molar refractivity (Wildman–Crippen MR) is 325 cm³/mol. The van der Waals surface area contributed by atoms with Gasteiger partial charge >= 0.3 is 0 Å². The lowest BCUT2D eigenvalue weighted by atomic mass is 10.1. The number of fused-ring (bicyclic) bond motifs is 7. The van der Waals surface area contributed by atoms with Gasteiger partial charge in [0, 0.05) is 88.1 Å². The fourth-order valence-corrected chi connectivity index (χ4v) is 9.39. The number of benzene rings is 5. The van der Waals surface area contributed by atoms with E-state index >= 15 is 0 Å². The summed E-state index contributed by atoms with van der Waals surface area (Å²) in [4.78, 5) is 59.2. The molecule has 0 bridgehead atoms. The lowest BCUT2D eigenvalue weighted by Gasteiger charge is -2.06. The number of aromatic nitrogens is 7. The molecule has 7 aromatic heterocycles. The number of oxime groups is 1. The summed E-state index contributed by atoms with van der Waals surface area (Å²) in [6, 6.07) is 34.8. The molecular weight excluding hydrogens is 1180 g/mol. The second-order valence-electron chi connectivity index (χ2n) is 19.4. The van der Waals surface area contributed by atoms with E-state index in [0.717, 1.165) is 55.8 Å². The zero-order chi connectivity index (χ0) is 61.3. The highest BCUT2D eigenvalue weighted by Gasteiger charge is 2.27. The molecule has 0 amide bonds. The molecule has 7 heterocycles. The first-order valence-electron chi connectivity index (χ1n) is 26.2. The number of aromatic amines is 1. The van der Waals surface area contributed by atoms with E-state index < -0.39 is 0 Å². The SMILES string of the molecule is CC(C)CCON=O.Fc1ccc2c(Cl)nc(Cl)cc2c1.Fc1ccc2cnc(-n3ccc4ccncc43)cc2c1.Fc1ccc2cnc(Cl)cc2c1.O=C1/C(=N/O)Cc2cc(F)ccc21.O=C1CCc2cc(F)ccc21.c1cc2cc[nH]c2cn1. The van der Waals surface area contributed by atoms with Crippen molar-refractivity contribution in [3.63, 3.8) is 0 Å². The van der Waals surface area contributed by atoms with Crippen LogP contribution in [0.25, 0.3) is 59.9 Å². The summed E-state index contributed by atoms with van der Waals surface area (Å²) in [6.07, 6.45) is 16.7. The third kappa shape index (κ3) is 16.8. The molecule has 14 rings (SSSR count). The topological polar surface area (TPSA) is 191 Å². The normalized spacial score (nSPS) is 12.3. The standard InChI is InChI=1S/C16H10FN3.C9H4Cl2FN.C9H5ClFN.C9H6FNO2.C9H7FO.C7H6N2.C5H11NO2/c17-14-2-1-12-9-19-16(8-13(12)7-14)20-6-4-11-3-5-18-10-15(11)20;10-8-4-5-3-6(12)1-2-7(5)9(11)13-8;10-9-4-7-3-8(11)2-1-6(7)5-12-9;10-6-1-2-7-5(3-6)4-8(11-13)9(7)12;10-7-2-3-8-6(5-7)1-4-9(8)11;1-3-8-5-7-6(1)2-4-9-7;1-5(2)3-4-8-6-7/h1-10H;1-4H;1-5H;1-3,13H,4H2;2-3,5H,1,4H2;1-5,9H;5H,3-4H2,1-2H3/b;;;11-8+;;;. The number of aryl methyl sites for hydroxylation is 1. The van der Waals surface area contributed by atoms with Gasteiger partial charge < -0.3 is 15.0 Å². The molecule has 2 aliphatic carbocycles. The van der Waals surface area contributed by atoms with Crippen molar-refractivity contribution < 1.29 is 41.6 Å². The van der Waals surface area contributed by atoms with Crippen molar-refractivity contribution in [1.29, 1.82) is 0 Å². The summed E-state index contributed by atoms with van der Waals surface area (Å²) in [5.74, 6) is -0.297. The quantitative estimate of drug-likeness (QED) is 0.0419. The minimum atomic E-state index is -0.384. The Bertz CT molecular complexity index is 4340. The molecule has 0 saturated carbocycles. The zero-order valence-corrected chi connectivity index (χ0v) is 47.9. The van der Waals surface area contributed by atoms with Gasteiger partial charge in [0.15, 0.2) is 11.1 Å². The zero-order valence-electron chi connectivity index (χ0n) is 45.6. The van der Waals surface area contributed by atoms with Gasteiger partial charge in [-0.1, -0.05) is 53.8 Å². The number of carbonyl (C=O) groups is 2. The van der Waals surface area contributed by atoms with E-state index in [1.807, 2.05) is 53.5 Å². The lowest BCUT2D eigenvalue weighted by Crippen LogP contribution is -2.06. The Morgan fingerprint density at radius 2 is 1.22 bits per heavy atom. The van der Waals surface area contributed by atoms with Crippen LogP contribution in [0.4, 0.5) is 22.0 Å². The Labute approximate surface area is 502 Å². The Morgan fingerprint density at radius 3 is 1.91 bits per heavy atom. The summed E-state index contributed by atoms with van der Waals surface area (Å²) in [5.41, 5.74) is 4.71. The summed E-state index contributed by atoms with van der Waals surface area (Å²) in [7, 11) is 0. The van der Waals surface area contributed by atoms with Gasteiger partial charge in [0.1, 0.15) is 62.7 Å². The number of Topliss-reactive ketones (excluding diaryl/α,β-unsaturated/α-hetero) is 2. The molecule has 0 radical (unpaired) electrons. The molecule has 14 nitrogen and oxygen atoms in total. The average molecular weight is 1230 g/mol. The van der Waals surface area contributed by atoms with Crippen LogP contribution in [-0.2, 0) is 17.7 Å². The second kappa shape index (κ2) is 29.8. The maximum atomic E-state index is 13.3. The minimum Gasteiger partial charge on any atom is -0.411 e. The van der Waals surface area contributed by atoms with Gasteiger partial charge in [-0.05, 0) is 180 Å². The minimum absolute atomic E-state index is 0.0700. The number of carbonyl (C=O) groups excluding carboxylic acids is 2. The summed E-state index contributed by atoms with van der Waals surface area (Å²) in [6.45, 7) is 4.57. The molecule has 86 heavy (non-hydrogen) atoms. The van der Waals surface area contributed by atoms with Gasteiger partial charge in [0.25, 0.3) is 0 Å². The number of pyridine rings is 5. The largest absolute Gasteiger partial charge is 0.411 e. The first kappa shape index (κ1) is 62.5. The highest BCUT2D eigenvalue weighted by molar-refractivity contribution is 6.49. The number of H-pyrrole nitrogens is 1. The lowest BCUT2D eigenvalue weighted by molar-refractivity contribution is 0.0993. The summed E-state index contributed by atoms with van der Waals surface area (Å²) >= 11 is 17.1. The van der Waals surface area contributed by atoms with E-state index in [4.69, 9.17) is 40.0 Å². The van der Waals surface area contributed by atoms with Crippen LogP contribution >= 0.6 is 34.8 Å². The van der Waals surface area contributed by atoms with Crippen molar-refractivity contribution in [3.05, 3.63) is 255 Å². The monoisotopic (exact) mass is 1220 g/mol. The van der Waals surface area contributed by atoms with Crippen molar-refractivity contribution in [3.8, 4) is 5.82 Å². The van der Waals surface area contributed by atoms with Crippen molar-refractivity contribution in [2.75, 3.05) is 6.61 Å². The van der Waals surface area contributed by atoms with Gasteiger partial charge in [-0.2, -0.15) is 0 Å². The first-order chi connectivity index (χ1) is 41.5. The van der Waals surface area contributed by atoms with Crippen LogP contribution in [0.5, 0.6) is 0 Å². The molecule has 0 saturated heterocycles. The molecule has 0 aliphatic heterocycles. The van der Waals surface area contributed by atoms with Crippen molar-refractivity contribution in [1.82, 2.24) is 34.5 Å². The van der Waals surface area contributed by atoms with Crippen LogP contribution in [-0.4, -0.2) is 63.6 Å². The molecule has 2 aliphatic rings. The number of halogens is 8. The molecule has 0 spiro atoms. The summed E-state index contributed by atoms with van der Waals surface area (Å²) < 4.78 is 66.1. The second-order valence-corrected chi connectivity index (χ2v) is 20.5. The molecule has 436 valence electrons. The fraction of sp³-hybridized carbons (Fsp3) is 0.125. The molecule has 0 fully saturated rings. The number of ketones is 2. The maximum Gasteiger partial charge on any atom is 0.211 e. The van der Waals surface area contributed by atoms with Gasteiger partial charge in [-0.3, -0.25) is 24.1 Å². The molecule has 0 unspecified atom stereocenters. The van der Waals surface area contributed by atoms with Gasteiger partial charge in [-0.15, -0.1) is 4.91 Å². The van der Waals surface area contributed by atoms with E-state index in [1.165, 1.54) is 72.1 Å². The number of hydrogen-bond donors (Lipinski definition) is 2. The van der Waals surface area contributed by atoms with Crippen LogP contribution in [0.2, 0.25) is 15.5 Å². The third-order valence-electron chi connectivity index (χ3n) is 13.0. The molecule has 5 aromatic carbocycles. The van der Waals surface area contributed by atoms with Crippen LogP contribution in [0.1, 0.15) is 58.5 Å². The van der Waals surface area contributed by atoms with Gasteiger partial charge in [-0.25, -0.2) is 36.9 Å². The smallest absolute Gasteiger partial charge is 0.211 e. The van der Waals surface area contributed by atoms with E-state index in [1.54, 1.807) is 67.4 Å². The Balaban J connectivity index is 0.000000133. The van der Waals surface area contributed by atoms with Crippen molar-refractivity contribution in [2.24, 2.45) is 16.4 Å². The van der Waals surface area contributed by atoms with Crippen LogP contribution in [0.3, 0.4) is 0 Å². The van der Waals surface area contributed by atoms with E-state index in [-0.39, 0.29) is 57.9 Å². The van der Waals surface area contributed by atoms with Crippen molar-refractivity contribution in [2.45, 2.75) is 39.5 Å². The van der Waals surface area contributed by atoms with Crippen molar-refractivity contribution >= 4 is 106 Å². The Kier molecular flexibility index (Phi) is 21.7. The van der Waals surface area contributed by atoms with Gasteiger partial charge in [0.05, 0.1) is 23.4 Å². The number of nitrogens with one attached hydrogen (secondary N) is 1. The number of hydrogen-bond acceptors (Lipinski definition) is 12. The fourth-order valence-electron chi connectivity index (χ4n) is 8.72. The van der Waals surface area contributed by atoms with Crippen LogP contribution in [0, 0.1) is 39.9 Å². The maximum absolute atomic E-state index is 13.3.